The van der Waals surface area contributed by atoms with Gasteiger partial charge < -0.3 is 29.4 Å². The molecule has 0 saturated heterocycles. The molecule has 0 aliphatic carbocycles. The summed E-state index contributed by atoms with van der Waals surface area (Å²) in [7, 11) is 6.25. The van der Waals surface area contributed by atoms with Crippen LogP contribution in [0.1, 0.15) is 38.2 Å². The number of imidazole rings is 1. The largest absolute Gasteiger partial charge is 0.436 e. The molecule has 0 saturated carbocycles. The number of allylic oxidation sites excluding steroid dienone is 1. The number of carbonyl (C=O) groups excluding carboxylic acids is 3. The molecule has 1 atom stereocenters. The highest BCUT2D eigenvalue weighted by Crippen LogP contribution is 2.16. The van der Waals surface area contributed by atoms with Crippen LogP contribution >= 0.6 is 0 Å². The monoisotopic (exact) mass is 552 g/mol. The van der Waals surface area contributed by atoms with Crippen LogP contribution in [0.5, 0.6) is 0 Å². The molecule has 40 heavy (non-hydrogen) atoms. The van der Waals surface area contributed by atoms with E-state index in [-0.39, 0.29) is 24.6 Å². The van der Waals surface area contributed by atoms with Crippen LogP contribution in [0, 0.1) is 5.92 Å². The number of ether oxygens (including phenoxy) is 1. The summed E-state index contributed by atoms with van der Waals surface area (Å²) >= 11 is 0. The highest BCUT2D eigenvalue weighted by atomic mass is 16.6. The van der Waals surface area contributed by atoms with E-state index in [9.17, 15) is 19.2 Å². The van der Waals surface area contributed by atoms with Gasteiger partial charge in [-0.1, -0.05) is 19.9 Å². The number of hydrogen-bond donors (Lipinski definition) is 2. The van der Waals surface area contributed by atoms with E-state index in [4.69, 9.17) is 4.74 Å². The number of amides is 3. The van der Waals surface area contributed by atoms with Crippen molar-refractivity contribution in [1.82, 2.24) is 34.3 Å². The number of fused-ring (bicyclic) bond motifs is 1. The number of aromatic nitrogens is 5. The van der Waals surface area contributed by atoms with Gasteiger partial charge in [-0.25, -0.2) is 19.7 Å². The molecular weight excluding hydrogens is 516 g/mol. The van der Waals surface area contributed by atoms with E-state index in [1.807, 2.05) is 0 Å². The molecule has 0 unspecified atom stereocenters. The number of pyridine rings is 1. The molecule has 0 bridgehead atoms. The van der Waals surface area contributed by atoms with Crippen molar-refractivity contribution in [2.45, 2.75) is 45.8 Å². The average Bonchev–Trinajstić information content (AvgIpc) is 3.31. The Bertz CT molecular complexity index is 1440. The summed E-state index contributed by atoms with van der Waals surface area (Å²) in [5, 5.41) is 2.59. The third-order valence-electron chi connectivity index (χ3n) is 5.81. The van der Waals surface area contributed by atoms with Crippen molar-refractivity contribution in [1.29, 1.82) is 0 Å². The minimum atomic E-state index is -1.18. The lowest BCUT2D eigenvalue weighted by Crippen LogP contribution is -2.37. The van der Waals surface area contributed by atoms with Crippen LogP contribution in [0.25, 0.3) is 11.2 Å². The molecule has 0 radical (unpaired) electrons. The number of rotatable bonds is 11. The van der Waals surface area contributed by atoms with E-state index in [2.05, 4.69) is 39.1 Å². The second-order valence-corrected chi connectivity index (χ2v) is 10.1. The molecule has 2 N–H and O–H groups in total. The topological polar surface area (TPSA) is 155 Å². The molecule has 0 spiro atoms. The Morgan fingerprint density at radius 2 is 1.90 bits per heavy atom. The van der Waals surface area contributed by atoms with Crippen LogP contribution in [-0.2, 0) is 27.3 Å². The average molecular weight is 553 g/mol. The van der Waals surface area contributed by atoms with Crippen molar-refractivity contribution in [3.8, 4) is 0 Å². The van der Waals surface area contributed by atoms with Crippen LogP contribution in [0.15, 0.2) is 41.6 Å². The first-order valence-electron chi connectivity index (χ1n) is 12.9. The Kier molecular flexibility index (Phi) is 10.1. The minimum absolute atomic E-state index is 0.0214. The van der Waals surface area contributed by atoms with Crippen LogP contribution in [0.3, 0.4) is 0 Å². The van der Waals surface area contributed by atoms with Crippen LogP contribution in [0.2, 0.25) is 0 Å². The van der Waals surface area contributed by atoms with E-state index in [1.165, 1.54) is 46.9 Å². The number of aromatic amines is 1. The summed E-state index contributed by atoms with van der Waals surface area (Å²) in [6.45, 7) is 4.31. The van der Waals surface area contributed by atoms with Gasteiger partial charge in [-0.3, -0.25) is 14.4 Å². The molecule has 214 valence electrons. The smallest absolute Gasteiger partial charge is 0.410 e. The quantitative estimate of drug-likeness (QED) is 0.343. The third-order valence-corrected chi connectivity index (χ3v) is 5.81. The summed E-state index contributed by atoms with van der Waals surface area (Å²) in [5.41, 5.74) is 1.67. The van der Waals surface area contributed by atoms with Gasteiger partial charge in [0.05, 0.1) is 12.2 Å². The number of H-pyrrole nitrogens is 1. The van der Waals surface area contributed by atoms with Crippen molar-refractivity contribution in [2.24, 2.45) is 5.92 Å². The molecule has 0 aliphatic heterocycles. The highest BCUT2D eigenvalue weighted by molar-refractivity contribution is 5.95. The standard InChI is InChI=1S/C27H36N8O5/c1-17(2)14-19-23-24(29-16-28-19)32-21(31-23)15-35-13-9-10-18(26(35)38)30-25(37)20(40-27(39)34(5)6)11-7-8-12-22(36)33(3)4/h8-10,12-13,16-17,20H,7,11,14-15H2,1-6H3,(H,30,37)(H,28,29,31,32)/b12-8+/t20-/m0/s1. The first-order valence-corrected chi connectivity index (χ1v) is 12.9. The zero-order valence-electron chi connectivity index (χ0n) is 23.7. The van der Waals surface area contributed by atoms with Gasteiger partial charge in [0.15, 0.2) is 11.8 Å². The van der Waals surface area contributed by atoms with Crippen molar-refractivity contribution < 1.29 is 19.1 Å². The van der Waals surface area contributed by atoms with Crippen LogP contribution < -0.4 is 10.9 Å². The lowest BCUT2D eigenvalue weighted by molar-refractivity contribution is -0.125. The zero-order valence-corrected chi connectivity index (χ0v) is 23.7. The van der Waals surface area contributed by atoms with Crippen molar-refractivity contribution in [3.05, 3.63) is 58.7 Å². The predicted molar refractivity (Wildman–Crippen MR) is 150 cm³/mol. The molecule has 13 nitrogen and oxygen atoms in total. The summed E-state index contributed by atoms with van der Waals surface area (Å²) in [4.78, 5) is 69.1. The van der Waals surface area contributed by atoms with Crippen molar-refractivity contribution >= 4 is 34.8 Å². The maximum Gasteiger partial charge on any atom is 0.410 e. The Balaban J connectivity index is 1.77. The Morgan fingerprint density at radius 3 is 2.58 bits per heavy atom. The molecule has 0 fully saturated rings. The van der Waals surface area contributed by atoms with Gasteiger partial charge in [0.1, 0.15) is 23.4 Å². The number of likely N-dealkylation sites (N-methyl/N-ethyl adjacent to an activating group) is 1. The van der Waals surface area contributed by atoms with E-state index < -0.39 is 23.7 Å². The van der Waals surface area contributed by atoms with Gasteiger partial charge in [-0.15, -0.1) is 0 Å². The van der Waals surface area contributed by atoms with Gasteiger partial charge in [-0.2, -0.15) is 0 Å². The third kappa shape index (κ3) is 7.98. The fourth-order valence-corrected chi connectivity index (χ4v) is 3.72. The molecule has 13 heteroatoms. The summed E-state index contributed by atoms with van der Waals surface area (Å²) < 4.78 is 6.75. The fourth-order valence-electron chi connectivity index (χ4n) is 3.72. The predicted octanol–water partition coefficient (Wildman–Crippen LogP) is 2.19. The maximum absolute atomic E-state index is 13.2. The fraction of sp³-hybridized carbons (Fsp3) is 0.444. The van der Waals surface area contributed by atoms with Crippen LogP contribution in [-0.4, -0.2) is 86.5 Å². The summed E-state index contributed by atoms with van der Waals surface area (Å²) in [6.07, 6.45) is 5.32. The first kappa shape index (κ1) is 30.0. The zero-order chi connectivity index (χ0) is 29.4. The molecular formula is C27H36N8O5. The molecule has 3 amide bonds. The van der Waals surface area contributed by atoms with Crippen molar-refractivity contribution in [3.63, 3.8) is 0 Å². The molecule has 0 aromatic carbocycles. The second kappa shape index (κ2) is 13.5. The SMILES string of the molecule is CC(C)Cc1ncnc2nc(Cn3cccc(NC(=O)[C@H](CC/C=C/C(=O)N(C)C)OC(=O)N(C)C)c3=O)[nH]c12. The van der Waals surface area contributed by atoms with E-state index in [0.717, 1.165) is 17.6 Å². The Morgan fingerprint density at radius 1 is 1.15 bits per heavy atom. The second-order valence-electron chi connectivity index (χ2n) is 10.1. The number of anilines is 1. The Hall–Kier alpha value is -4.55. The number of nitrogens with zero attached hydrogens (tertiary/aromatic N) is 6. The van der Waals surface area contributed by atoms with Crippen LogP contribution in [0.4, 0.5) is 10.5 Å². The highest BCUT2D eigenvalue weighted by Gasteiger charge is 2.24. The number of nitrogens with one attached hydrogen (secondary N) is 2. The molecule has 0 aliphatic rings. The molecule has 3 heterocycles. The van der Waals surface area contributed by atoms with E-state index >= 15 is 0 Å². The lowest BCUT2D eigenvalue weighted by atomic mass is 10.1. The normalized spacial score (nSPS) is 12.1. The van der Waals surface area contributed by atoms with Gasteiger partial charge in [0.2, 0.25) is 5.91 Å². The number of carbonyl (C=O) groups is 3. The van der Waals surface area contributed by atoms with Gasteiger partial charge in [0, 0.05) is 34.4 Å². The van der Waals surface area contributed by atoms with Crippen molar-refractivity contribution in [2.75, 3.05) is 33.5 Å². The van der Waals surface area contributed by atoms with Gasteiger partial charge >= 0.3 is 6.09 Å². The van der Waals surface area contributed by atoms with Gasteiger partial charge in [0.25, 0.3) is 11.5 Å². The maximum atomic E-state index is 13.2. The summed E-state index contributed by atoms with van der Waals surface area (Å²) in [5.74, 6) is 0.0477. The van der Waals surface area contributed by atoms with E-state index in [1.54, 1.807) is 32.4 Å². The summed E-state index contributed by atoms with van der Waals surface area (Å²) in [6, 6.07) is 3.10. The molecule has 3 aromatic rings. The van der Waals surface area contributed by atoms with Gasteiger partial charge in [-0.05, 0) is 43.4 Å². The van der Waals surface area contributed by atoms with E-state index in [0.29, 0.717) is 23.8 Å². The first-order chi connectivity index (χ1) is 19.0. The molecule has 3 rings (SSSR count). The molecule has 3 aromatic heterocycles. The minimum Gasteiger partial charge on any atom is -0.436 e. The Labute approximate surface area is 232 Å². The lowest BCUT2D eigenvalue weighted by Gasteiger charge is -2.19. The number of hydrogen-bond acceptors (Lipinski definition) is 8.